The summed E-state index contributed by atoms with van der Waals surface area (Å²) in [5, 5.41) is 3.54. The predicted octanol–water partition coefficient (Wildman–Crippen LogP) is 1.05. The molecular weight excluding hydrogens is 465 g/mol. The molecule has 0 unspecified atom stereocenters. The number of carbonyl (C=O) groups excluding carboxylic acids is 3. The van der Waals surface area contributed by atoms with Crippen LogP contribution in [0.4, 0.5) is 9.18 Å². The normalized spacial score (nSPS) is 27.0. The van der Waals surface area contributed by atoms with Crippen LogP contribution in [0.3, 0.4) is 0 Å². The molecule has 1 spiro atoms. The number of hydrazine groups is 1. The monoisotopic (exact) mass is 495 g/mol. The van der Waals surface area contributed by atoms with Crippen molar-refractivity contribution in [1.29, 1.82) is 0 Å². The summed E-state index contributed by atoms with van der Waals surface area (Å²) in [7, 11) is -3.77. The highest BCUT2D eigenvalue weighted by Crippen LogP contribution is 2.35. The number of hydrogen-bond acceptors (Lipinski definition) is 6. The molecule has 10 nitrogen and oxygen atoms in total. The number of carbonyl (C=O) groups is 3. The van der Waals surface area contributed by atoms with E-state index in [1.165, 1.54) is 16.4 Å². The molecule has 186 valence electrons. The molecule has 0 aromatic heterocycles. The van der Waals surface area contributed by atoms with E-state index in [0.29, 0.717) is 38.3 Å². The zero-order valence-electron chi connectivity index (χ0n) is 19.1. The third-order valence-corrected chi connectivity index (χ3v) is 8.81. The van der Waals surface area contributed by atoms with Crippen molar-refractivity contribution in [3.05, 3.63) is 30.1 Å². The second kappa shape index (κ2) is 9.59. The highest BCUT2D eigenvalue weighted by Gasteiger charge is 2.52. The average molecular weight is 496 g/mol. The van der Waals surface area contributed by atoms with E-state index in [2.05, 4.69) is 17.7 Å². The molecule has 3 fully saturated rings. The van der Waals surface area contributed by atoms with Crippen LogP contribution in [0.25, 0.3) is 0 Å². The molecule has 0 atom stereocenters. The summed E-state index contributed by atoms with van der Waals surface area (Å²) < 4.78 is 40.2. The van der Waals surface area contributed by atoms with E-state index < -0.39 is 39.2 Å². The molecule has 0 bridgehead atoms. The fourth-order valence-corrected chi connectivity index (χ4v) is 6.25. The summed E-state index contributed by atoms with van der Waals surface area (Å²) in [6.45, 7) is 3.25. The quantitative estimate of drug-likeness (QED) is 0.590. The van der Waals surface area contributed by atoms with Crippen molar-refractivity contribution in [2.24, 2.45) is 5.92 Å². The first-order valence-corrected chi connectivity index (χ1v) is 13.0. The van der Waals surface area contributed by atoms with Crippen LogP contribution >= 0.6 is 0 Å². The molecule has 2 heterocycles. The Kier molecular flexibility index (Phi) is 6.92. The number of benzene rings is 1. The number of sulfonamides is 1. The number of rotatable bonds is 5. The second-order valence-corrected chi connectivity index (χ2v) is 11.3. The number of hydrogen-bond donors (Lipinski definition) is 2. The lowest BCUT2D eigenvalue weighted by molar-refractivity contribution is -0.140. The van der Waals surface area contributed by atoms with E-state index in [9.17, 15) is 27.2 Å². The highest BCUT2D eigenvalue weighted by molar-refractivity contribution is 7.89. The van der Waals surface area contributed by atoms with Gasteiger partial charge in [-0.1, -0.05) is 6.92 Å². The van der Waals surface area contributed by atoms with Gasteiger partial charge in [-0.3, -0.25) is 19.9 Å². The number of nitrogens with zero attached hydrogens (tertiary/aromatic N) is 3. The van der Waals surface area contributed by atoms with Gasteiger partial charge in [-0.25, -0.2) is 17.6 Å². The van der Waals surface area contributed by atoms with E-state index in [0.717, 1.165) is 30.0 Å². The zero-order valence-corrected chi connectivity index (χ0v) is 19.9. The minimum atomic E-state index is -3.77. The van der Waals surface area contributed by atoms with Gasteiger partial charge >= 0.3 is 6.03 Å². The Bertz CT molecular complexity index is 1060. The molecule has 1 aliphatic carbocycles. The van der Waals surface area contributed by atoms with Crippen LogP contribution in [-0.4, -0.2) is 78.7 Å². The predicted molar refractivity (Wildman–Crippen MR) is 120 cm³/mol. The molecule has 2 saturated heterocycles. The van der Waals surface area contributed by atoms with Crippen molar-refractivity contribution in [3.8, 4) is 0 Å². The summed E-state index contributed by atoms with van der Waals surface area (Å²) in [6, 6.07) is 4.06. The minimum absolute atomic E-state index is 0.0182. The number of nitrogens with one attached hydrogen (secondary N) is 2. The molecule has 1 aromatic rings. The second-order valence-electron chi connectivity index (χ2n) is 9.36. The molecule has 1 aromatic carbocycles. The molecule has 4 rings (SSSR count). The Hall–Kier alpha value is -2.57. The van der Waals surface area contributed by atoms with Crippen LogP contribution in [-0.2, 0) is 19.6 Å². The van der Waals surface area contributed by atoms with Crippen LogP contribution in [0.15, 0.2) is 29.2 Å². The van der Waals surface area contributed by atoms with Gasteiger partial charge in [-0.2, -0.15) is 9.31 Å². The fraction of sp³-hybridized carbons (Fsp3) is 0.591. The van der Waals surface area contributed by atoms with Crippen molar-refractivity contribution in [2.75, 3.05) is 32.7 Å². The Labute approximate surface area is 198 Å². The van der Waals surface area contributed by atoms with Gasteiger partial charge in [0, 0.05) is 19.6 Å². The Morgan fingerprint density at radius 3 is 2.47 bits per heavy atom. The van der Waals surface area contributed by atoms with E-state index in [1.54, 1.807) is 4.90 Å². The van der Waals surface area contributed by atoms with Crippen LogP contribution in [0, 0.1) is 11.7 Å². The maximum Gasteiger partial charge on any atom is 0.344 e. The fourth-order valence-electron chi connectivity index (χ4n) is 4.78. The Morgan fingerprint density at radius 1 is 1.12 bits per heavy atom. The molecule has 2 N–H and O–H groups in total. The summed E-state index contributed by atoms with van der Waals surface area (Å²) in [6.07, 6.45) is 3.27. The standard InChI is InChI=1S/C22H30FN5O5S/c1-16-7-9-22(10-8-16)20(30)28(21(31)24-22)25-19(29)15-26-11-2-12-27(14-13-26)34(32,33)18-5-3-17(23)4-6-18/h3-6,16H,2,7-15H2,1H3,(H,24,31)(H,25,29). The van der Waals surface area contributed by atoms with Crippen LogP contribution in [0.5, 0.6) is 0 Å². The average Bonchev–Trinajstić information content (AvgIpc) is 2.94. The molecule has 2 aliphatic heterocycles. The van der Waals surface area contributed by atoms with E-state index >= 15 is 0 Å². The van der Waals surface area contributed by atoms with Gasteiger partial charge in [0.1, 0.15) is 11.4 Å². The lowest BCUT2D eigenvalue weighted by atomic mass is 9.77. The van der Waals surface area contributed by atoms with Crippen LogP contribution in [0.2, 0.25) is 0 Å². The van der Waals surface area contributed by atoms with Gasteiger partial charge in [0.25, 0.3) is 11.8 Å². The summed E-state index contributed by atoms with van der Waals surface area (Å²) >= 11 is 0. The lowest BCUT2D eigenvalue weighted by Crippen LogP contribution is -2.53. The summed E-state index contributed by atoms with van der Waals surface area (Å²) in [5.74, 6) is -0.959. The van der Waals surface area contributed by atoms with E-state index in [-0.39, 0.29) is 24.5 Å². The van der Waals surface area contributed by atoms with Crippen LogP contribution < -0.4 is 10.7 Å². The SMILES string of the molecule is CC1CCC2(CC1)NC(=O)N(NC(=O)CN1CCCN(S(=O)(=O)c3ccc(F)cc3)CC1)C2=O. The minimum Gasteiger partial charge on any atom is -0.322 e. The van der Waals surface area contributed by atoms with Crippen molar-refractivity contribution in [1.82, 2.24) is 25.0 Å². The van der Waals surface area contributed by atoms with Gasteiger partial charge < -0.3 is 5.32 Å². The van der Waals surface area contributed by atoms with Gasteiger partial charge in [-0.15, -0.1) is 0 Å². The lowest BCUT2D eigenvalue weighted by Gasteiger charge is -2.33. The number of halogens is 1. The first-order chi connectivity index (χ1) is 16.1. The molecule has 3 aliphatic rings. The van der Waals surface area contributed by atoms with Gasteiger partial charge in [-0.05, 0) is 68.8 Å². The number of imide groups is 1. The first-order valence-electron chi connectivity index (χ1n) is 11.5. The topological polar surface area (TPSA) is 119 Å². The van der Waals surface area contributed by atoms with Gasteiger partial charge in [0.2, 0.25) is 10.0 Å². The van der Waals surface area contributed by atoms with Crippen molar-refractivity contribution >= 4 is 27.9 Å². The molecule has 1 saturated carbocycles. The smallest absolute Gasteiger partial charge is 0.322 e. The zero-order chi connectivity index (χ0) is 24.5. The molecule has 0 radical (unpaired) electrons. The third kappa shape index (κ3) is 4.93. The summed E-state index contributed by atoms with van der Waals surface area (Å²) in [4.78, 5) is 39.7. The maximum absolute atomic E-state index is 13.2. The van der Waals surface area contributed by atoms with Gasteiger partial charge in [0.15, 0.2) is 0 Å². The van der Waals surface area contributed by atoms with Crippen molar-refractivity contribution in [3.63, 3.8) is 0 Å². The highest BCUT2D eigenvalue weighted by atomic mass is 32.2. The van der Waals surface area contributed by atoms with Crippen molar-refractivity contribution in [2.45, 2.75) is 49.5 Å². The largest absolute Gasteiger partial charge is 0.344 e. The molecular formula is C22H30FN5O5S. The Balaban J connectivity index is 1.32. The molecule has 4 amide bonds. The van der Waals surface area contributed by atoms with Crippen LogP contribution in [0.1, 0.15) is 39.0 Å². The summed E-state index contributed by atoms with van der Waals surface area (Å²) in [5.41, 5.74) is 1.49. The molecule has 34 heavy (non-hydrogen) atoms. The van der Waals surface area contributed by atoms with Crippen molar-refractivity contribution < 1.29 is 27.2 Å². The Morgan fingerprint density at radius 2 is 1.79 bits per heavy atom. The number of urea groups is 1. The van der Waals surface area contributed by atoms with E-state index in [1.807, 2.05) is 0 Å². The molecule has 12 heteroatoms. The third-order valence-electron chi connectivity index (χ3n) is 6.89. The van der Waals surface area contributed by atoms with E-state index in [4.69, 9.17) is 0 Å². The first kappa shape index (κ1) is 24.6. The van der Waals surface area contributed by atoms with Gasteiger partial charge in [0.05, 0.1) is 11.4 Å². The number of amides is 4. The maximum atomic E-state index is 13.2.